The Labute approximate surface area is 121 Å². The third kappa shape index (κ3) is 2.54. The zero-order chi connectivity index (χ0) is 13.5. The predicted molar refractivity (Wildman–Crippen MR) is 76.7 cm³/mol. The number of hydrogen-bond acceptors (Lipinski definition) is 3. The Balaban J connectivity index is 2.88. The van der Waals surface area contributed by atoms with Gasteiger partial charge in [-0.3, -0.25) is 9.36 Å². The number of alkyl halides is 3. The third-order valence-corrected chi connectivity index (χ3v) is 3.68. The Morgan fingerprint density at radius 2 is 1.78 bits per heavy atom. The van der Waals surface area contributed by atoms with Crippen molar-refractivity contribution < 1.29 is 0 Å². The number of hydrogen-bond donors (Lipinski definition) is 0. The molecule has 2 aromatic rings. The fraction of sp³-hybridized carbons (Fsp3) is 0.200. The summed E-state index contributed by atoms with van der Waals surface area (Å²) in [7, 11) is 1.38. The van der Waals surface area contributed by atoms with Crippen LogP contribution in [-0.4, -0.2) is 11.7 Å². The van der Waals surface area contributed by atoms with Gasteiger partial charge < -0.3 is 0 Å². The van der Waals surface area contributed by atoms with Gasteiger partial charge >= 0.3 is 5.69 Å². The smallest absolute Gasteiger partial charge is 0.268 e. The maximum atomic E-state index is 12.0. The van der Waals surface area contributed by atoms with Crippen molar-refractivity contribution in [2.45, 2.75) is 3.12 Å². The van der Waals surface area contributed by atoms with Crippen LogP contribution in [0.25, 0.3) is 10.9 Å². The standard InChI is InChI=1S/C10H7Cl3N2O2S/c1-14-8(16)6-4-2-3-5-7(6)15(9(14)17)18-10(11,12)13/h2-5H,1H3. The molecule has 1 aromatic carbocycles. The first-order valence-electron chi connectivity index (χ1n) is 4.78. The monoisotopic (exact) mass is 324 g/mol. The van der Waals surface area contributed by atoms with E-state index in [0.29, 0.717) is 10.9 Å². The molecule has 0 saturated heterocycles. The van der Waals surface area contributed by atoms with Crippen LogP contribution in [0.1, 0.15) is 0 Å². The first-order chi connectivity index (χ1) is 8.31. The average Bonchev–Trinajstić information content (AvgIpc) is 2.31. The highest BCUT2D eigenvalue weighted by Gasteiger charge is 2.24. The van der Waals surface area contributed by atoms with E-state index in [4.69, 9.17) is 34.8 Å². The van der Waals surface area contributed by atoms with Crippen LogP contribution in [0.3, 0.4) is 0 Å². The van der Waals surface area contributed by atoms with Crippen molar-refractivity contribution in [1.82, 2.24) is 8.54 Å². The molecule has 0 aliphatic heterocycles. The van der Waals surface area contributed by atoms with Crippen LogP contribution in [0.4, 0.5) is 0 Å². The van der Waals surface area contributed by atoms with E-state index >= 15 is 0 Å². The van der Waals surface area contributed by atoms with Crippen LogP contribution in [-0.2, 0) is 7.05 Å². The molecular weight excluding hydrogens is 319 g/mol. The van der Waals surface area contributed by atoms with Gasteiger partial charge in [0.15, 0.2) is 0 Å². The molecular formula is C10H7Cl3N2O2S. The zero-order valence-corrected chi connectivity index (χ0v) is 12.1. The molecule has 0 saturated carbocycles. The van der Waals surface area contributed by atoms with E-state index in [0.717, 1.165) is 16.5 Å². The van der Waals surface area contributed by atoms with Crippen molar-refractivity contribution in [2.24, 2.45) is 7.05 Å². The van der Waals surface area contributed by atoms with Gasteiger partial charge in [-0.2, -0.15) is 0 Å². The fourth-order valence-corrected chi connectivity index (χ4v) is 2.82. The molecule has 0 spiro atoms. The number of benzene rings is 1. The van der Waals surface area contributed by atoms with E-state index in [1.54, 1.807) is 24.3 Å². The molecule has 1 heterocycles. The summed E-state index contributed by atoms with van der Waals surface area (Å²) in [6.45, 7) is 0. The summed E-state index contributed by atoms with van der Waals surface area (Å²) in [5.41, 5.74) is -0.506. The van der Waals surface area contributed by atoms with E-state index < -0.39 is 8.81 Å². The second-order valence-corrected chi connectivity index (χ2v) is 7.61. The largest absolute Gasteiger partial charge is 0.341 e. The Kier molecular flexibility index (Phi) is 3.69. The summed E-state index contributed by atoms with van der Waals surface area (Å²) in [5, 5.41) is 0.390. The molecule has 2 rings (SSSR count). The molecule has 0 fully saturated rings. The maximum absolute atomic E-state index is 12.0. The summed E-state index contributed by atoms with van der Waals surface area (Å²) in [6.07, 6.45) is 0. The minimum atomic E-state index is -1.69. The normalized spacial score (nSPS) is 12.0. The molecule has 0 radical (unpaired) electrons. The zero-order valence-electron chi connectivity index (χ0n) is 9.06. The molecule has 0 aliphatic rings. The van der Waals surface area contributed by atoms with Gasteiger partial charge in [-0.25, -0.2) is 8.77 Å². The van der Waals surface area contributed by atoms with Gasteiger partial charge in [0.2, 0.25) is 0 Å². The van der Waals surface area contributed by atoms with E-state index in [9.17, 15) is 9.59 Å². The second-order valence-electron chi connectivity index (χ2n) is 3.50. The predicted octanol–water partition coefficient (Wildman–Crippen LogP) is 2.52. The summed E-state index contributed by atoms with van der Waals surface area (Å²) in [6, 6.07) is 6.66. The number of para-hydroxylation sites is 1. The van der Waals surface area contributed by atoms with Crippen molar-refractivity contribution in [1.29, 1.82) is 0 Å². The maximum Gasteiger partial charge on any atom is 0.341 e. The van der Waals surface area contributed by atoms with Crippen molar-refractivity contribution >= 4 is 57.7 Å². The highest BCUT2D eigenvalue weighted by atomic mass is 35.6. The molecule has 8 heteroatoms. The van der Waals surface area contributed by atoms with Gasteiger partial charge in [-0.05, 0) is 12.1 Å². The molecule has 0 atom stereocenters. The van der Waals surface area contributed by atoms with E-state index in [2.05, 4.69) is 0 Å². The number of aromatic nitrogens is 2. The molecule has 96 valence electrons. The Morgan fingerprint density at radius 3 is 2.39 bits per heavy atom. The first-order valence-corrected chi connectivity index (χ1v) is 6.69. The summed E-state index contributed by atoms with van der Waals surface area (Å²) < 4.78 is 0.486. The minimum absolute atomic E-state index is 0.378. The number of nitrogens with zero attached hydrogens (tertiary/aromatic N) is 2. The van der Waals surface area contributed by atoms with Crippen molar-refractivity contribution in [3.05, 3.63) is 45.1 Å². The summed E-state index contributed by atoms with van der Waals surface area (Å²) in [5.74, 6) is 0. The SMILES string of the molecule is Cn1c(=O)c2ccccc2n(SC(Cl)(Cl)Cl)c1=O. The lowest BCUT2D eigenvalue weighted by Crippen LogP contribution is -2.36. The van der Waals surface area contributed by atoms with Gasteiger partial charge in [0.25, 0.3) is 8.68 Å². The van der Waals surface area contributed by atoms with Gasteiger partial charge in [0.1, 0.15) is 0 Å². The van der Waals surface area contributed by atoms with E-state index in [-0.39, 0.29) is 5.56 Å². The average molecular weight is 326 g/mol. The molecule has 4 nitrogen and oxygen atoms in total. The van der Waals surface area contributed by atoms with E-state index in [1.165, 1.54) is 11.0 Å². The van der Waals surface area contributed by atoms with Crippen LogP contribution >= 0.6 is 46.8 Å². The Morgan fingerprint density at radius 1 is 1.17 bits per heavy atom. The van der Waals surface area contributed by atoms with Gasteiger partial charge in [-0.1, -0.05) is 46.9 Å². The van der Waals surface area contributed by atoms with Crippen LogP contribution in [0.2, 0.25) is 0 Å². The van der Waals surface area contributed by atoms with Gasteiger partial charge in [0.05, 0.1) is 10.9 Å². The molecule has 0 N–H and O–H groups in total. The van der Waals surface area contributed by atoms with Gasteiger partial charge in [0, 0.05) is 19.0 Å². The highest BCUT2D eigenvalue weighted by Crippen LogP contribution is 2.39. The fourth-order valence-electron chi connectivity index (χ4n) is 1.53. The van der Waals surface area contributed by atoms with E-state index in [1.807, 2.05) is 0 Å². The molecule has 18 heavy (non-hydrogen) atoms. The van der Waals surface area contributed by atoms with Crippen molar-refractivity contribution in [3.63, 3.8) is 0 Å². The number of halogens is 3. The van der Waals surface area contributed by atoms with Crippen LogP contribution in [0, 0.1) is 0 Å². The minimum Gasteiger partial charge on any atom is -0.268 e. The van der Waals surface area contributed by atoms with Crippen LogP contribution in [0.15, 0.2) is 33.9 Å². The molecule has 0 amide bonds. The lowest BCUT2D eigenvalue weighted by molar-refractivity contribution is 0.780. The lowest BCUT2D eigenvalue weighted by atomic mass is 10.2. The first kappa shape index (κ1) is 13.8. The molecule has 0 aliphatic carbocycles. The molecule has 1 aromatic heterocycles. The highest BCUT2D eigenvalue weighted by molar-refractivity contribution is 8.03. The molecule has 0 unspecified atom stereocenters. The topological polar surface area (TPSA) is 44.0 Å². The summed E-state index contributed by atoms with van der Waals surface area (Å²) in [4.78, 5) is 23.9. The van der Waals surface area contributed by atoms with Crippen molar-refractivity contribution in [2.75, 3.05) is 0 Å². The number of rotatable bonds is 1. The van der Waals surface area contributed by atoms with Crippen LogP contribution < -0.4 is 11.2 Å². The van der Waals surface area contributed by atoms with Crippen molar-refractivity contribution in [3.8, 4) is 0 Å². The Hall–Kier alpha value is -0.620. The summed E-state index contributed by atoms with van der Waals surface area (Å²) >= 11 is 17.8. The Bertz CT molecular complexity index is 718. The van der Waals surface area contributed by atoms with Crippen LogP contribution in [0.5, 0.6) is 0 Å². The third-order valence-electron chi connectivity index (χ3n) is 2.31. The van der Waals surface area contributed by atoms with Gasteiger partial charge in [-0.15, -0.1) is 0 Å². The lowest BCUT2D eigenvalue weighted by Gasteiger charge is -2.14. The quantitative estimate of drug-likeness (QED) is 0.757. The second kappa shape index (κ2) is 4.81. The molecule has 0 bridgehead atoms. The number of fused-ring (bicyclic) bond motifs is 1.